The van der Waals surface area contributed by atoms with Crippen LogP contribution in [0.25, 0.3) is 0 Å². The fourth-order valence-electron chi connectivity index (χ4n) is 1.72. The minimum atomic E-state index is -0.535. The average Bonchev–Trinajstić information content (AvgIpc) is 3.17. The molecule has 1 fully saturated rings. The second-order valence-corrected chi connectivity index (χ2v) is 11.6. The Morgan fingerprint density at radius 3 is 1.76 bits per heavy atom. The van der Waals surface area contributed by atoms with Gasteiger partial charge in [-0.2, -0.15) is 0 Å². The highest BCUT2D eigenvalue weighted by atomic mass is 32.3. The van der Waals surface area contributed by atoms with E-state index in [1.54, 1.807) is 23.5 Å². The fourth-order valence-corrected chi connectivity index (χ4v) is 11.5. The molecule has 3 aliphatic rings. The Hall–Kier alpha value is 0.520. The van der Waals surface area contributed by atoms with E-state index in [0.717, 1.165) is 13.6 Å². The maximum absolute atomic E-state index is 11.9. The van der Waals surface area contributed by atoms with Gasteiger partial charge in [-0.05, 0) is 0 Å². The van der Waals surface area contributed by atoms with Crippen LogP contribution in [0.2, 0.25) is 0 Å². The predicted molar refractivity (Wildman–Crippen MR) is 96.1 cm³/mol. The molecule has 0 aromatic heterocycles. The van der Waals surface area contributed by atoms with Gasteiger partial charge in [0.25, 0.3) is 0 Å². The van der Waals surface area contributed by atoms with Gasteiger partial charge in [-0.15, -0.1) is 47.0 Å². The first-order valence-electron chi connectivity index (χ1n) is 5.73. The lowest BCUT2D eigenvalue weighted by Crippen LogP contribution is -2.33. The van der Waals surface area contributed by atoms with E-state index in [2.05, 4.69) is 0 Å². The smallest absolute Gasteiger partial charge is 0.320 e. The van der Waals surface area contributed by atoms with Gasteiger partial charge in [-0.25, -0.2) is 0 Å². The van der Waals surface area contributed by atoms with Crippen molar-refractivity contribution in [2.24, 2.45) is 0 Å². The highest BCUT2D eigenvalue weighted by Gasteiger charge is 2.45. The number of rotatable bonds is 2. The second-order valence-electron chi connectivity index (χ2n) is 3.88. The molecule has 10 heteroatoms. The zero-order chi connectivity index (χ0) is 15.0. The van der Waals surface area contributed by atoms with Crippen molar-refractivity contribution in [1.82, 2.24) is 0 Å². The SMILES string of the molecule is COC(=O)C1SC(=C2SC3=C(SCS3)S2)SC1C(=O)OC. The van der Waals surface area contributed by atoms with E-state index in [9.17, 15) is 9.59 Å². The summed E-state index contributed by atoms with van der Waals surface area (Å²) in [6, 6.07) is 0. The van der Waals surface area contributed by atoms with Gasteiger partial charge < -0.3 is 9.47 Å². The van der Waals surface area contributed by atoms with Gasteiger partial charge in [-0.3, -0.25) is 9.59 Å². The zero-order valence-electron chi connectivity index (χ0n) is 10.9. The molecule has 0 N–H and O–H groups in total. The molecule has 2 unspecified atom stereocenters. The quantitative estimate of drug-likeness (QED) is 0.643. The summed E-state index contributed by atoms with van der Waals surface area (Å²) in [7, 11) is 2.69. The van der Waals surface area contributed by atoms with Gasteiger partial charge in [0.05, 0.1) is 31.2 Å². The minimum absolute atomic E-state index is 0.379. The van der Waals surface area contributed by atoms with Crippen LogP contribution in [0.1, 0.15) is 0 Å². The third-order valence-corrected chi connectivity index (χ3v) is 11.9. The molecular formula is C11H10O4S6. The summed E-state index contributed by atoms with van der Waals surface area (Å²) in [5, 5.41) is 0.00199. The van der Waals surface area contributed by atoms with E-state index >= 15 is 0 Å². The molecule has 3 heterocycles. The van der Waals surface area contributed by atoms with Crippen molar-refractivity contribution >= 4 is 82.5 Å². The molecule has 3 rings (SSSR count). The fraction of sp³-hybridized carbons (Fsp3) is 0.455. The molecule has 0 saturated carbocycles. The number of esters is 2. The van der Waals surface area contributed by atoms with Crippen LogP contribution in [0.3, 0.4) is 0 Å². The van der Waals surface area contributed by atoms with Gasteiger partial charge in [0.15, 0.2) is 0 Å². The zero-order valence-corrected chi connectivity index (χ0v) is 15.8. The third-order valence-electron chi connectivity index (χ3n) is 2.69. The summed E-state index contributed by atoms with van der Waals surface area (Å²) >= 11 is 10.00. The van der Waals surface area contributed by atoms with Gasteiger partial charge in [0, 0.05) is 5.08 Å². The highest BCUT2D eigenvalue weighted by Crippen LogP contribution is 2.66. The van der Waals surface area contributed by atoms with Crippen molar-refractivity contribution in [3.63, 3.8) is 0 Å². The van der Waals surface area contributed by atoms with Crippen LogP contribution in [0.5, 0.6) is 0 Å². The number of hydrogen-bond donors (Lipinski definition) is 0. The standard InChI is InChI=1S/C11H10O4S6/c1-14-6(12)4-5(7(13)15-2)19-10(18-4)11-20-8-9(21-11)17-3-16-8/h4-5H,3H2,1-2H3. The Morgan fingerprint density at radius 1 is 0.857 bits per heavy atom. The Balaban J connectivity index is 1.80. The first kappa shape index (κ1) is 16.4. The summed E-state index contributed by atoms with van der Waals surface area (Å²) in [5.41, 5.74) is 0. The van der Waals surface area contributed by atoms with E-state index in [1.165, 1.54) is 46.2 Å². The molecule has 0 radical (unpaired) electrons. The van der Waals surface area contributed by atoms with Crippen molar-refractivity contribution in [1.29, 1.82) is 0 Å². The maximum Gasteiger partial charge on any atom is 0.320 e. The molecule has 114 valence electrons. The average molecular weight is 399 g/mol. The van der Waals surface area contributed by atoms with E-state index in [4.69, 9.17) is 9.47 Å². The van der Waals surface area contributed by atoms with E-state index < -0.39 is 10.5 Å². The Kier molecular flexibility index (Phi) is 5.43. The first-order valence-corrected chi connectivity index (χ1v) is 11.1. The Bertz CT molecular complexity index is 513. The number of carbonyl (C=O) groups excluding carboxylic acids is 2. The lowest BCUT2D eigenvalue weighted by atomic mass is 10.3. The molecular weight excluding hydrogens is 389 g/mol. The normalized spacial score (nSPS) is 28.1. The number of hydrogen-bond acceptors (Lipinski definition) is 10. The maximum atomic E-state index is 11.9. The Labute approximate surface area is 147 Å². The monoisotopic (exact) mass is 398 g/mol. The number of methoxy groups -OCH3 is 2. The molecule has 0 aromatic carbocycles. The predicted octanol–water partition coefficient (Wildman–Crippen LogP) is 3.72. The molecule has 0 bridgehead atoms. The van der Waals surface area contributed by atoms with Gasteiger partial charge in [-0.1, -0.05) is 23.5 Å². The number of carbonyl (C=O) groups is 2. The lowest BCUT2D eigenvalue weighted by molar-refractivity contribution is -0.145. The van der Waals surface area contributed by atoms with E-state index in [0.29, 0.717) is 0 Å². The minimum Gasteiger partial charge on any atom is -0.468 e. The van der Waals surface area contributed by atoms with Crippen molar-refractivity contribution in [3.8, 4) is 0 Å². The second kappa shape index (κ2) is 6.96. The largest absolute Gasteiger partial charge is 0.468 e. The van der Waals surface area contributed by atoms with Crippen LogP contribution in [0.4, 0.5) is 0 Å². The van der Waals surface area contributed by atoms with Crippen LogP contribution in [-0.4, -0.2) is 41.7 Å². The van der Waals surface area contributed by atoms with Gasteiger partial charge >= 0.3 is 11.9 Å². The van der Waals surface area contributed by atoms with Gasteiger partial charge in [0.1, 0.15) is 10.5 Å². The molecule has 0 aliphatic carbocycles. The molecule has 0 aromatic rings. The van der Waals surface area contributed by atoms with Crippen LogP contribution in [0, 0.1) is 0 Å². The summed E-state index contributed by atoms with van der Waals surface area (Å²) in [5.74, 6) is -0.758. The summed E-state index contributed by atoms with van der Waals surface area (Å²) in [6.07, 6.45) is 0. The third kappa shape index (κ3) is 3.25. The molecule has 0 amide bonds. The van der Waals surface area contributed by atoms with E-state index in [-0.39, 0.29) is 11.9 Å². The molecule has 0 spiro atoms. The van der Waals surface area contributed by atoms with Crippen molar-refractivity contribution in [3.05, 3.63) is 16.9 Å². The van der Waals surface area contributed by atoms with Crippen LogP contribution < -0.4 is 0 Å². The summed E-state index contributed by atoms with van der Waals surface area (Å²) in [6.45, 7) is 0. The van der Waals surface area contributed by atoms with Crippen LogP contribution in [-0.2, 0) is 19.1 Å². The first-order chi connectivity index (χ1) is 10.1. The molecule has 21 heavy (non-hydrogen) atoms. The molecule has 4 nitrogen and oxygen atoms in total. The topological polar surface area (TPSA) is 52.6 Å². The highest BCUT2D eigenvalue weighted by molar-refractivity contribution is 8.46. The van der Waals surface area contributed by atoms with Gasteiger partial charge in [0.2, 0.25) is 0 Å². The van der Waals surface area contributed by atoms with Crippen LogP contribution >= 0.6 is 70.6 Å². The molecule has 1 saturated heterocycles. The van der Waals surface area contributed by atoms with E-state index in [1.807, 2.05) is 23.5 Å². The Morgan fingerprint density at radius 2 is 1.33 bits per heavy atom. The molecule has 3 aliphatic heterocycles. The lowest BCUT2D eigenvalue weighted by Gasteiger charge is -2.12. The number of thioether (sulfide) groups is 6. The van der Waals surface area contributed by atoms with Crippen molar-refractivity contribution < 1.29 is 19.1 Å². The summed E-state index contributed by atoms with van der Waals surface area (Å²) in [4.78, 5) is 23.8. The summed E-state index contributed by atoms with van der Waals surface area (Å²) < 4.78 is 14.5. The molecule has 2 atom stereocenters. The number of ether oxygens (including phenoxy) is 2. The van der Waals surface area contributed by atoms with Crippen molar-refractivity contribution in [2.75, 3.05) is 19.3 Å². The van der Waals surface area contributed by atoms with Crippen LogP contribution in [0.15, 0.2) is 16.9 Å². The van der Waals surface area contributed by atoms with Crippen molar-refractivity contribution in [2.45, 2.75) is 10.5 Å².